The Hall–Kier alpha value is -2.08. The lowest BCUT2D eigenvalue weighted by Gasteiger charge is -2.15. The van der Waals surface area contributed by atoms with Gasteiger partial charge in [0.05, 0.1) is 22.1 Å². The van der Waals surface area contributed by atoms with Gasteiger partial charge in [0.25, 0.3) is 5.91 Å². The van der Waals surface area contributed by atoms with Crippen LogP contribution >= 0.6 is 11.6 Å². The van der Waals surface area contributed by atoms with Crippen LogP contribution in [0.3, 0.4) is 0 Å². The van der Waals surface area contributed by atoms with Gasteiger partial charge in [-0.15, -0.1) is 0 Å². The van der Waals surface area contributed by atoms with E-state index in [0.717, 1.165) is 17.5 Å². The molecule has 0 aliphatic rings. The van der Waals surface area contributed by atoms with Gasteiger partial charge >= 0.3 is 0 Å². The Morgan fingerprint density at radius 1 is 1.45 bits per heavy atom. The molecule has 0 bridgehead atoms. The van der Waals surface area contributed by atoms with Crippen LogP contribution in [0.5, 0.6) is 5.75 Å². The first-order valence-electron chi connectivity index (χ1n) is 6.72. The molecular weight excluding hydrogens is 309 g/mol. The van der Waals surface area contributed by atoms with E-state index < -0.39 is 11.9 Å². The molecule has 1 aromatic carbocycles. The number of halogens is 2. The maximum Gasteiger partial charge on any atom is 0.265 e. The number of ether oxygens (including phenoxy) is 1. The highest BCUT2D eigenvalue weighted by Gasteiger charge is 2.19. The minimum absolute atomic E-state index is 0.119. The van der Waals surface area contributed by atoms with Crippen LogP contribution in [0.25, 0.3) is 0 Å². The third kappa shape index (κ3) is 3.39. The van der Waals surface area contributed by atoms with Crippen molar-refractivity contribution in [2.75, 3.05) is 5.32 Å². The first kappa shape index (κ1) is 16.3. The van der Waals surface area contributed by atoms with Gasteiger partial charge in [-0.25, -0.2) is 4.39 Å². The van der Waals surface area contributed by atoms with Gasteiger partial charge < -0.3 is 10.1 Å². The summed E-state index contributed by atoms with van der Waals surface area (Å²) in [5.41, 5.74) is 2.23. The van der Waals surface area contributed by atoms with E-state index in [4.69, 9.17) is 16.3 Å². The summed E-state index contributed by atoms with van der Waals surface area (Å²) in [6, 6.07) is 3.75. The molecule has 0 unspecified atom stereocenters. The second-order valence-corrected chi connectivity index (χ2v) is 5.40. The Balaban J connectivity index is 2.09. The van der Waals surface area contributed by atoms with Crippen molar-refractivity contribution in [2.45, 2.75) is 26.9 Å². The lowest BCUT2D eigenvalue weighted by molar-refractivity contribution is -0.122. The van der Waals surface area contributed by atoms with Gasteiger partial charge in [0.2, 0.25) is 0 Å². The molecule has 1 amide bonds. The van der Waals surface area contributed by atoms with Gasteiger partial charge in [-0.05, 0) is 39.0 Å². The van der Waals surface area contributed by atoms with Crippen LogP contribution in [0.2, 0.25) is 5.02 Å². The van der Waals surface area contributed by atoms with Gasteiger partial charge in [0.15, 0.2) is 6.10 Å². The predicted octanol–water partition coefficient (Wildman–Crippen LogP) is 3.24. The monoisotopic (exact) mass is 325 g/mol. The van der Waals surface area contributed by atoms with Gasteiger partial charge in [-0.3, -0.25) is 9.48 Å². The summed E-state index contributed by atoms with van der Waals surface area (Å²) >= 11 is 5.88. The summed E-state index contributed by atoms with van der Waals surface area (Å²) in [7, 11) is 1.80. The largest absolute Gasteiger partial charge is 0.479 e. The number of hydrogen-bond acceptors (Lipinski definition) is 3. The average molecular weight is 326 g/mol. The Morgan fingerprint density at radius 3 is 2.68 bits per heavy atom. The van der Waals surface area contributed by atoms with E-state index in [1.807, 2.05) is 13.8 Å². The van der Waals surface area contributed by atoms with Crippen molar-refractivity contribution in [3.8, 4) is 5.75 Å². The second-order valence-electron chi connectivity index (χ2n) is 4.99. The van der Waals surface area contributed by atoms with Gasteiger partial charge in [-0.1, -0.05) is 11.6 Å². The van der Waals surface area contributed by atoms with Crippen molar-refractivity contribution < 1.29 is 13.9 Å². The summed E-state index contributed by atoms with van der Waals surface area (Å²) in [5.74, 6) is -0.541. The van der Waals surface area contributed by atoms with Crippen LogP contribution in [-0.2, 0) is 11.8 Å². The fourth-order valence-electron chi connectivity index (χ4n) is 1.99. The third-order valence-electron chi connectivity index (χ3n) is 3.32. The van der Waals surface area contributed by atoms with Crippen LogP contribution in [0.15, 0.2) is 18.2 Å². The number of nitrogens with one attached hydrogen (secondary N) is 1. The van der Waals surface area contributed by atoms with Crippen LogP contribution in [0.4, 0.5) is 10.1 Å². The molecule has 1 N–H and O–H groups in total. The molecule has 0 aliphatic carbocycles. The van der Waals surface area contributed by atoms with E-state index in [9.17, 15) is 9.18 Å². The van der Waals surface area contributed by atoms with Crippen molar-refractivity contribution in [2.24, 2.45) is 7.05 Å². The molecule has 118 valence electrons. The van der Waals surface area contributed by atoms with Crippen LogP contribution in [0.1, 0.15) is 18.3 Å². The zero-order chi connectivity index (χ0) is 16.4. The number of rotatable bonds is 4. The van der Waals surface area contributed by atoms with E-state index in [1.165, 1.54) is 12.1 Å². The lowest BCUT2D eigenvalue weighted by atomic mass is 10.2. The summed E-state index contributed by atoms with van der Waals surface area (Å²) < 4.78 is 20.2. The molecule has 0 saturated heterocycles. The molecular formula is C15H17ClFN3O2. The molecule has 2 aromatic rings. The van der Waals surface area contributed by atoms with Crippen molar-refractivity contribution >= 4 is 23.2 Å². The number of aryl methyl sites for hydroxylation is 2. The smallest absolute Gasteiger partial charge is 0.265 e. The topological polar surface area (TPSA) is 56.2 Å². The standard InChI is InChI=1S/C15H17ClFN3O2/c1-8-14(9(2)20(4)19-8)18-15(21)10(3)22-13-6-5-11(17)7-12(13)16/h5-7,10H,1-4H3,(H,18,21)/t10-/m1/s1. The molecule has 0 saturated carbocycles. The summed E-state index contributed by atoms with van der Waals surface area (Å²) in [5, 5.41) is 7.13. The summed E-state index contributed by atoms with van der Waals surface area (Å²) in [4.78, 5) is 12.2. The lowest BCUT2D eigenvalue weighted by Crippen LogP contribution is -2.30. The highest BCUT2D eigenvalue weighted by molar-refractivity contribution is 6.32. The van der Waals surface area contributed by atoms with Crippen molar-refractivity contribution in [3.63, 3.8) is 0 Å². The molecule has 0 spiro atoms. The fourth-order valence-corrected chi connectivity index (χ4v) is 2.21. The highest BCUT2D eigenvalue weighted by atomic mass is 35.5. The zero-order valence-corrected chi connectivity index (χ0v) is 13.5. The van der Waals surface area contributed by atoms with Gasteiger partial charge in [0, 0.05) is 7.05 Å². The van der Waals surface area contributed by atoms with E-state index in [1.54, 1.807) is 18.7 Å². The van der Waals surface area contributed by atoms with Gasteiger partial charge in [-0.2, -0.15) is 5.10 Å². The average Bonchev–Trinajstić information content (AvgIpc) is 2.68. The molecule has 0 aliphatic heterocycles. The normalized spacial score (nSPS) is 12.1. The second kappa shape index (κ2) is 6.36. The Labute approximate surface area is 133 Å². The Morgan fingerprint density at radius 2 is 2.14 bits per heavy atom. The maximum atomic E-state index is 13.0. The molecule has 1 aromatic heterocycles. The number of anilines is 1. The number of aromatic nitrogens is 2. The van der Waals surface area contributed by atoms with E-state index >= 15 is 0 Å². The zero-order valence-electron chi connectivity index (χ0n) is 12.8. The minimum Gasteiger partial charge on any atom is -0.479 e. The highest BCUT2D eigenvalue weighted by Crippen LogP contribution is 2.26. The fraction of sp³-hybridized carbons (Fsp3) is 0.333. The number of hydrogen-bond donors (Lipinski definition) is 1. The quantitative estimate of drug-likeness (QED) is 0.939. The molecule has 2 rings (SSSR count). The number of amides is 1. The Kier molecular flexibility index (Phi) is 4.71. The number of carbonyl (C=O) groups is 1. The maximum absolute atomic E-state index is 13.0. The number of benzene rings is 1. The van der Waals surface area contributed by atoms with Crippen LogP contribution in [-0.4, -0.2) is 21.8 Å². The predicted molar refractivity (Wildman–Crippen MR) is 82.8 cm³/mol. The molecule has 22 heavy (non-hydrogen) atoms. The number of carbonyl (C=O) groups excluding carboxylic acids is 1. The van der Waals surface area contributed by atoms with E-state index in [-0.39, 0.29) is 16.7 Å². The van der Waals surface area contributed by atoms with E-state index in [0.29, 0.717) is 5.69 Å². The third-order valence-corrected chi connectivity index (χ3v) is 3.62. The summed E-state index contributed by atoms with van der Waals surface area (Å²) in [6.45, 7) is 5.26. The molecule has 1 atom stereocenters. The van der Waals surface area contributed by atoms with Crippen LogP contribution in [0, 0.1) is 19.7 Å². The molecule has 1 heterocycles. The minimum atomic E-state index is -0.790. The van der Waals surface area contributed by atoms with Gasteiger partial charge in [0.1, 0.15) is 11.6 Å². The molecule has 0 fully saturated rings. The molecule has 7 heteroatoms. The molecule has 5 nitrogen and oxygen atoms in total. The van der Waals surface area contributed by atoms with Crippen molar-refractivity contribution in [1.82, 2.24) is 9.78 Å². The Bertz CT molecular complexity index is 715. The van der Waals surface area contributed by atoms with Crippen LogP contribution < -0.4 is 10.1 Å². The van der Waals surface area contributed by atoms with E-state index in [2.05, 4.69) is 10.4 Å². The van der Waals surface area contributed by atoms with Crippen molar-refractivity contribution in [3.05, 3.63) is 40.4 Å². The summed E-state index contributed by atoms with van der Waals surface area (Å²) in [6.07, 6.45) is -0.790. The first-order valence-corrected chi connectivity index (χ1v) is 7.10. The molecule has 0 radical (unpaired) electrons. The first-order chi connectivity index (χ1) is 10.3. The SMILES string of the molecule is Cc1nn(C)c(C)c1NC(=O)[C@@H](C)Oc1ccc(F)cc1Cl. The van der Waals surface area contributed by atoms with Crippen molar-refractivity contribution in [1.29, 1.82) is 0 Å². The number of nitrogens with zero attached hydrogens (tertiary/aromatic N) is 2.